The van der Waals surface area contributed by atoms with Crippen LogP contribution >= 0.6 is 11.6 Å². The number of carbonyl (C=O) groups is 2. The number of hydrogen-bond donors (Lipinski definition) is 1. The molecule has 2 atom stereocenters. The van der Waals surface area contributed by atoms with Gasteiger partial charge in [0.25, 0.3) is 11.8 Å². The van der Waals surface area contributed by atoms with Gasteiger partial charge in [-0.25, -0.2) is 4.39 Å². The number of halogens is 2. The highest BCUT2D eigenvalue weighted by Crippen LogP contribution is 2.30. The van der Waals surface area contributed by atoms with E-state index >= 15 is 0 Å². The van der Waals surface area contributed by atoms with Crippen LogP contribution in [0.15, 0.2) is 108 Å². The molecule has 4 aromatic carbocycles. The van der Waals surface area contributed by atoms with Crippen molar-refractivity contribution >= 4 is 23.5 Å². The summed E-state index contributed by atoms with van der Waals surface area (Å²) < 4.78 is 42.4. The van der Waals surface area contributed by atoms with Gasteiger partial charge in [0.2, 0.25) is 5.76 Å². The lowest BCUT2D eigenvalue weighted by atomic mass is 9.82. The highest BCUT2D eigenvalue weighted by atomic mass is 35.5. The highest BCUT2D eigenvalue weighted by molar-refractivity contribution is 6.30. The van der Waals surface area contributed by atoms with Crippen molar-refractivity contribution in [3.8, 4) is 22.8 Å². The van der Waals surface area contributed by atoms with Crippen LogP contribution in [0, 0.1) is 11.2 Å². The summed E-state index contributed by atoms with van der Waals surface area (Å²) in [7, 11) is 1.59. The fraction of sp³-hybridized carbons (Fsp3) is 0.275. The number of benzene rings is 4. The van der Waals surface area contributed by atoms with Gasteiger partial charge in [-0.05, 0) is 84.4 Å². The molecule has 266 valence electrons. The van der Waals surface area contributed by atoms with Gasteiger partial charge in [0, 0.05) is 23.2 Å². The van der Waals surface area contributed by atoms with Crippen LogP contribution in [0.3, 0.4) is 0 Å². The molecule has 51 heavy (non-hydrogen) atoms. The monoisotopic (exact) mass is 714 g/mol. The zero-order valence-corrected chi connectivity index (χ0v) is 29.5. The second-order valence-corrected chi connectivity index (χ2v) is 12.8. The van der Waals surface area contributed by atoms with Crippen molar-refractivity contribution in [1.29, 1.82) is 0 Å². The number of nitrogens with zero attached hydrogens (tertiary/aromatic N) is 1. The summed E-state index contributed by atoms with van der Waals surface area (Å²) in [5.41, 5.74) is 2.46. The second-order valence-electron chi connectivity index (χ2n) is 12.3. The molecule has 1 N–H and O–H groups in total. The molecule has 1 amide bonds. The SMILES string of the molecule is CCOCC(C)(C[C@@H](Cc1ccc(-c2cc(Cl)ccc2F)cc1)NC(=O)c1cc(OCc2ccc(OC)cc2)no1)C(=O)OCc1ccccc1. The van der Waals surface area contributed by atoms with E-state index in [0.717, 1.165) is 22.4 Å². The van der Waals surface area contributed by atoms with Gasteiger partial charge in [-0.2, -0.15) is 0 Å². The normalized spacial score (nSPS) is 12.8. The van der Waals surface area contributed by atoms with Gasteiger partial charge < -0.3 is 28.8 Å². The third-order valence-corrected chi connectivity index (χ3v) is 8.53. The minimum absolute atomic E-state index is 0.0605. The fourth-order valence-electron chi connectivity index (χ4n) is 5.54. The van der Waals surface area contributed by atoms with Gasteiger partial charge in [0.1, 0.15) is 24.8 Å². The third kappa shape index (κ3) is 10.4. The molecular weight excluding hydrogens is 675 g/mol. The number of ether oxygens (including phenoxy) is 4. The molecular formula is C40H40ClFN2O7. The van der Waals surface area contributed by atoms with E-state index in [1.54, 1.807) is 32.2 Å². The van der Waals surface area contributed by atoms with E-state index < -0.39 is 29.2 Å². The van der Waals surface area contributed by atoms with E-state index in [9.17, 15) is 14.0 Å². The summed E-state index contributed by atoms with van der Waals surface area (Å²) in [6, 6.07) is 29.3. The summed E-state index contributed by atoms with van der Waals surface area (Å²) in [6.45, 7) is 4.37. The van der Waals surface area contributed by atoms with Crippen LogP contribution in [0.25, 0.3) is 11.1 Å². The second kappa shape index (κ2) is 17.6. The van der Waals surface area contributed by atoms with Gasteiger partial charge in [-0.1, -0.05) is 78.3 Å². The molecule has 5 aromatic rings. The van der Waals surface area contributed by atoms with E-state index in [4.69, 9.17) is 35.1 Å². The van der Waals surface area contributed by atoms with Crippen LogP contribution in [0.5, 0.6) is 11.6 Å². The molecule has 11 heteroatoms. The summed E-state index contributed by atoms with van der Waals surface area (Å²) in [5.74, 6) is -0.587. The number of rotatable bonds is 17. The number of carbonyl (C=O) groups excluding carboxylic acids is 2. The number of amides is 1. The Bertz CT molecular complexity index is 1880. The molecule has 0 spiro atoms. The number of esters is 1. The molecule has 0 aliphatic carbocycles. The number of nitrogens with one attached hydrogen (secondary N) is 1. The Kier molecular flexibility index (Phi) is 12.8. The maximum Gasteiger partial charge on any atom is 0.314 e. The molecule has 0 saturated heterocycles. The van der Waals surface area contributed by atoms with Gasteiger partial charge in [0.05, 0.1) is 25.2 Å². The Labute approximate surface area is 301 Å². The van der Waals surface area contributed by atoms with Crippen LogP contribution in [-0.2, 0) is 33.9 Å². The standard InChI is InChI=1S/C40H40ClFN2O7/c1-4-48-26-40(2,39(46)50-25-28-8-6-5-7-9-28)23-32(20-27-10-14-30(15-11-27)34-21-31(41)16-19-35(34)42)43-38(45)36-22-37(44-51-36)49-24-29-12-17-33(47-3)18-13-29/h5-19,21-22,32H,4,20,23-26H2,1-3H3,(H,43,45)/t32-,40?/m1/s1. The van der Waals surface area contributed by atoms with E-state index in [1.807, 2.05) is 73.7 Å². The zero-order valence-electron chi connectivity index (χ0n) is 28.7. The van der Waals surface area contributed by atoms with E-state index in [2.05, 4.69) is 10.5 Å². The summed E-state index contributed by atoms with van der Waals surface area (Å²) in [4.78, 5) is 27.2. The van der Waals surface area contributed by atoms with E-state index in [-0.39, 0.29) is 37.9 Å². The van der Waals surface area contributed by atoms with Crippen molar-refractivity contribution in [2.75, 3.05) is 20.3 Å². The predicted octanol–water partition coefficient (Wildman–Crippen LogP) is 8.24. The summed E-state index contributed by atoms with van der Waals surface area (Å²) >= 11 is 6.12. The van der Waals surface area contributed by atoms with Crippen molar-refractivity contribution in [1.82, 2.24) is 10.5 Å². The molecule has 0 bridgehead atoms. The van der Waals surface area contributed by atoms with Gasteiger partial charge >= 0.3 is 5.97 Å². The lowest BCUT2D eigenvalue weighted by Gasteiger charge is -2.31. The first-order chi connectivity index (χ1) is 24.7. The fourth-order valence-corrected chi connectivity index (χ4v) is 5.71. The number of methoxy groups -OCH3 is 1. The molecule has 1 aromatic heterocycles. The average Bonchev–Trinajstić information content (AvgIpc) is 3.63. The van der Waals surface area contributed by atoms with Crippen LogP contribution in [0.2, 0.25) is 5.02 Å². The molecule has 1 heterocycles. The highest BCUT2D eigenvalue weighted by Gasteiger charge is 2.39. The largest absolute Gasteiger partial charge is 0.497 e. The maximum atomic E-state index is 14.6. The predicted molar refractivity (Wildman–Crippen MR) is 191 cm³/mol. The molecule has 0 aliphatic rings. The Morgan fingerprint density at radius 2 is 1.63 bits per heavy atom. The maximum absolute atomic E-state index is 14.6. The van der Waals surface area contributed by atoms with Gasteiger partial charge in [0.15, 0.2) is 0 Å². The lowest BCUT2D eigenvalue weighted by Crippen LogP contribution is -2.45. The van der Waals surface area contributed by atoms with Crippen LogP contribution in [0.1, 0.15) is 47.5 Å². The first-order valence-electron chi connectivity index (χ1n) is 16.5. The molecule has 0 saturated carbocycles. The minimum atomic E-state index is -1.12. The van der Waals surface area contributed by atoms with Gasteiger partial charge in [-0.3, -0.25) is 9.59 Å². The van der Waals surface area contributed by atoms with Crippen LogP contribution in [-0.4, -0.2) is 43.4 Å². The van der Waals surface area contributed by atoms with E-state index in [0.29, 0.717) is 29.2 Å². The summed E-state index contributed by atoms with van der Waals surface area (Å²) in [6.07, 6.45) is 0.499. The van der Waals surface area contributed by atoms with Crippen molar-refractivity contribution in [3.05, 3.63) is 136 Å². The first-order valence-corrected chi connectivity index (χ1v) is 16.9. The van der Waals surface area contributed by atoms with E-state index in [1.165, 1.54) is 18.2 Å². The molecule has 0 aliphatic heterocycles. The Morgan fingerprint density at radius 1 is 0.922 bits per heavy atom. The molecule has 9 nitrogen and oxygen atoms in total. The summed E-state index contributed by atoms with van der Waals surface area (Å²) in [5, 5.41) is 7.35. The molecule has 1 unspecified atom stereocenters. The van der Waals surface area contributed by atoms with Crippen molar-refractivity contribution in [2.45, 2.75) is 45.9 Å². The third-order valence-electron chi connectivity index (χ3n) is 8.30. The zero-order chi connectivity index (χ0) is 36.2. The number of aromatic nitrogens is 1. The van der Waals surface area contributed by atoms with Crippen molar-refractivity contribution < 1.29 is 37.5 Å². The lowest BCUT2D eigenvalue weighted by molar-refractivity contribution is -0.161. The Morgan fingerprint density at radius 3 is 2.33 bits per heavy atom. The quantitative estimate of drug-likeness (QED) is 0.0960. The van der Waals surface area contributed by atoms with Crippen molar-refractivity contribution in [2.24, 2.45) is 5.41 Å². The van der Waals surface area contributed by atoms with Gasteiger partial charge in [-0.15, -0.1) is 0 Å². The molecule has 5 rings (SSSR count). The topological polar surface area (TPSA) is 109 Å². The Balaban J connectivity index is 1.34. The van der Waals surface area contributed by atoms with Crippen LogP contribution in [0.4, 0.5) is 4.39 Å². The smallest absolute Gasteiger partial charge is 0.314 e. The average molecular weight is 715 g/mol. The number of hydrogen-bond acceptors (Lipinski definition) is 8. The van der Waals surface area contributed by atoms with Crippen LogP contribution < -0.4 is 14.8 Å². The minimum Gasteiger partial charge on any atom is -0.497 e. The molecule has 0 radical (unpaired) electrons. The first kappa shape index (κ1) is 37.1. The Hall–Kier alpha value is -5.19. The van der Waals surface area contributed by atoms with Crippen molar-refractivity contribution in [3.63, 3.8) is 0 Å². The molecule has 0 fully saturated rings.